The fourth-order valence-electron chi connectivity index (χ4n) is 2.36. The molecule has 2 unspecified atom stereocenters. The second kappa shape index (κ2) is 5.64. The zero-order chi connectivity index (χ0) is 12.2. The van der Waals surface area contributed by atoms with Gasteiger partial charge < -0.3 is 15.7 Å². The van der Waals surface area contributed by atoms with Crippen LogP contribution in [0.4, 0.5) is 0 Å². The maximum Gasteiger partial charge on any atom is 0.323 e. The van der Waals surface area contributed by atoms with E-state index in [0.29, 0.717) is 18.9 Å². The van der Waals surface area contributed by atoms with Crippen LogP contribution in [0.1, 0.15) is 46.0 Å². The van der Waals surface area contributed by atoms with Gasteiger partial charge >= 0.3 is 5.97 Å². The molecule has 4 nitrogen and oxygen atoms in total. The monoisotopic (exact) mass is 228 g/mol. The minimum absolute atomic E-state index is 0.498. The average Bonchev–Trinajstić information content (AvgIpc) is 2.64. The third kappa shape index (κ3) is 3.19. The first-order chi connectivity index (χ1) is 7.49. The van der Waals surface area contributed by atoms with E-state index in [0.717, 1.165) is 19.5 Å². The maximum atomic E-state index is 11.0. The lowest BCUT2D eigenvalue weighted by atomic mass is 9.92. The van der Waals surface area contributed by atoms with Crippen LogP contribution in [-0.4, -0.2) is 40.6 Å². The fraction of sp³-hybridized carbons (Fsp3) is 0.917. The number of aliphatic carboxylic acids is 1. The summed E-state index contributed by atoms with van der Waals surface area (Å²) < 4.78 is 0. The molecule has 0 aromatic carbocycles. The van der Waals surface area contributed by atoms with Crippen molar-refractivity contribution in [2.75, 3.05) is 13.1 Å². The van der Waals surface area contributed by atoms with E-state index in [-0.39, 0.29) is 0 Å². The number of likely N-dealkylation sites (tertiary alicyclic amines) is 1. The Labute approximate surface area is 97.8 Å². The summed E-state index contributed by atoms with van der Waals surface area (Å²) in [6.45, 7) is 6.21. The summed E-state index contributed by atoms with van der Waals surface area (Å²) in [4.78, 5) is 13.4. The minimum Gasteiger partial charge on any atom is -0.480 e. The number of carboxylic acid groups (broad SMARTS) is 1. The second-order valence-electron chi connectivity index (χ2n) is 4.95. The van der Waals surface area contributed by atoms with E-state index in [1.165, 1.54) is 12.8 Å². The summed E-state index contributed by atoms with van der Waals surface area (Å²) >= 11 is 0. The molecule has 1 aliphatic heterocycles. The summed E-state index contributed by atoms with van der Waals surface area (Å²) in [6, 6.07) is 0.652. The molecule has 1 rings (SSSR count). The SMILES string of the molecule is CCC(N)(CCCN1CCCC1C)C(=O)O. The molecule has 4 heteroatoms. The Hall–Kier alpha value is -0.610. The lowest BCUT2D eigenvalue weighted by Gasteiger charge is -2.26. The van der Waals surface area contributed by atoms with E-state index in [2.05, 4.69) is 11.8 Å². The van der Waals surface area contributed by atoms with Crippen LogP contribution in [0.15, 0.2) is 0 Å². The number of hydrogen-bond acceptors (Lipinski definition) is 3. The summed E-state index contributed by atoms with van der Waals surface area (Å²) in [5.41, 5.74) is 4.82. The average molecular weight is 228 g/mol. The summed E-state index contributed by atoms with van der Waals surface area (Å²) in [5.74, 6) is -0.871. The van der Waals surface area contributed by atoms with Gasteiger partial charge in [0.1, 0.15) is 5.54 Å². The summed E-state index contributed by atoms with van der Waals surface area (Å²) in [5, 5.41) is 9.04. The molecule has 16 heavy (non-hydrogen) atoms. The Bertz CT molecular complexity index is 245. The number of rotatable bonds is 6. The van der Waals surface area contributed by atoms with Crippen LogP contribution in [0.25, 0.3) is 0 Å². The lowest BCUT2D eigenvalue weighted by Crippen LogP contribution is -2.47. The van der Waals surface area contributed by atoms with Gasteiger partial charge in [-0.2, -0.15) is 0 Å². The van der Waals surface area contributed by atoms with Crippen LogP contribution in [0.3, 0.4) is 0 Å². The van der Waals surface area contributed by atoms with Crippen LogP contribution < -0.4 is 5.73 Å². The summed E-state index contributed by atoms with van der Waals surface area (Å²) in [6.07, 6.45) is 4.48. The highest BCUT2D eigenvalue weighted by molar-refractivity contribution is 5.78. The fourth-order valence-corrected chi connectivity index (χ4v) is 2.36. The van der Waals surface area contributed by atoms with Gasteiger partial charge in [0.2, 0.25) is 0 Å². The van der Waals surface area contributed by atoms with Crippen molar-refractivity contribution in [2.45, 2.75) is 57.5 Å². The predicted molar refractivity (Wildman–Crippen MR) is 64.3 cm³/mol. The van der Waals surface area contributed by atoms with Gasteiger partial charge in [0.25, 0.3) is 0 Å². The van der Waals surface area contributed by atoms with Crippen LogP contribution in [0, 0.1) is 0 Å². The Kier molecular flexibility index (Phi) is 4.74. The maximum absolute atomic E-state index is 11.0. The third-order valence-corrected chi connectivity index (χ3v) is 3.82. The Morgan fingerprint density at radius 1 is 1.62 bits per heavy atom. The van der Waals surface area contributed by atoms with Gasteiger partial charge in [-0.1, -0.05) is 6.92 Å². The van der Waals surface area contributed by atoms with Gasteiger partial charge in [-0.3, -0.25) is 4.79 Å². The third-order valence-electron chi connectivity index (χ3n) is 3.82. The van der Waals surface area contributed by atoms with Crippen LogP contribution in [-0.2, 0) is 4.79 Å². The lowest BCUT2D eigenvalue weighted by molar-refractivity contribution is -0.143. The van der Waals surface area contributed by atoms with Crippen molar-refractivity contribution in [3.63, 3.8) is 0 Å². The van der Waals surface area contributed by atoms with Gasteiger partial charge in [-0.15, -0.1) is 0 Å². The van der Waals surface area contributed by atoms with E-state index in [1.54, 1.807) is 0 Å². The van der Waals surface area contributed by atoms with E-state index >= 15 is 0 Å². The van der Waals surface area contributed by atoms with Crippen molar-refractivity contribution in [1.82, 2.24) is 4.90 Å². The van der Waals surface area contributed by atoms with E-state index in [9.17, 15) is 4.79 Å². The quantitative estimate of drug-likeness (QED) is 0.722. The highest BCUT2D eigenvalue weighted by atomic mass is 16.4. The molecule has 0 aromatic rings. The van der Waals surface area contributed by atoms with Gasteiger partial charge in [0.05, 0.1) is 0 Å². The van der Waals surface area contributed by atoms with Gasteiger partial charge in [-0.25, -0.2) is 0 Å². The van der Waals surface area contributed by atoms with E-state index in [4.69, 9.17) is 10.8 Å². The first-order valence-electron chi connectivity index (χ1n) is 6.26. The molecule has 0 aliphatic carbocycles. The molecule has 2 atom stereocenters. The first-order valence-corrected chi connectivity index (χ1v) is 6.26. The normalized spacial score (nSPS) is 25.6. The minimum atomic E-state index is -1.02. The molecule has 1 aliphatic rings. The molecule has 0 aromatic heterocycles. The largest absolute Gasteiger partial charge is 0.480 e. The number of carbonyl (C=O) groups is 1. The number of carboxylic acids is 1. The van der Waals surface area contributed by atoms with E-state index < -0.39 is 11.5 Å². The molecule has 3 N–H and O–H groups in total. The van der Waals surface area contributed by atoms with Crippen molar-refractivity contribution in [3.05, 3.63) is 0 Å². The molecular weight excluding hydrogens is 204 g/mol. The Morgan fingerprint density at radius 3 is 2.75 bits per heavy atom. The van der Waals surface area contributed by atoms with Crippen molar-refractivity contribution in [1.29, 1.82) is 0 Å². The molecule has 0 bridgehead atoms. The van der Waals surface area contributed by atoms with Crippen LogP contribution >= 0.6 is 0 Å². The number of hydrogen-bond donors (Lipinski definition) is 2. The van der Waals surface area contributed by atoms with Crippen molar-refractivity contribution < 1.29 is 9.90 Å². The first kappa shape index (κ1) is 13.5. The molecule has 0 amide bonds. The standard InChI is InChI=1S/C12H24N2O2/c1-3-12(13,11(15)16)7-5-9-14-8-4-6-10(14)2/h10H,3-9,13H2,1-2H3,(H,15,16). The van der Waals surface area contributed by atoms with Gasteiger partial charge in [-0.05, 0) is 52.1 Å². The van der Waals surface area contributed by atoms with Gasteiger partial charge in [0, 0.05) is 6.04 Å². The van der Waals surface area contributed by atoms with Gasteiger partial charge in [0.15, 0.2) is 0 Å². The molecule has 1 fully saturated rings. The molecule has 94 valence electrons. The molecule has 1 saturated heterocycles. The highest BCUT2D eigenvalue weighted by Gasteiger charge is 2.31. The molecule has 0 saturated carbocycles. The Morgan fingerprint density at radius 2 is 2.31 bits per heavy atom. The second-order valence-corrected chi connectivity index (χ2v) is 4.95. The van der Waals surface area contributed by atoms with E-state index in [1.807, 2.05) is 6.92 Å². The zero-order valence-electron chi connectivity index (χ0n) is 10.4. The smallest absolute Gasteiger partial charge is 0.323 e. The van der Waals surface area contributed by atoms with Crippen LogP contribution in [0.5, 0.6) is 0 Å². The molecule has 0 spiro atoms. The zero-order valence-corrected chi connectivity index (χ0v) is 10.4. The predicted octanol–water partition coefficient (Wildman–Crippen LogP) is 1.44. The molecule has 0 radical (unpaired) electrons. The topological polar surface area (TPSA) is 66.6 Å². The van der Waals surface area contributed by atoms with Crippen molar-refractivity contribution in [3.8, 4) is 0 Å². The highest BCUT2D eigenvalue weighted by Crippen LogP contribution is 2.19. The number of nitrogens with zero attached hydrogens (tertiary/aromatic N) is 1. The van der Waals surface area contributed by atoms with Crippen molar-refractivity contribution >= 4 is 5.97 Å². The Balaban J connectivity index is 2.31. The number of nitrogens with two attached hydrogens (primary N) is 1. The molecular formula is C12H24N2O2. The van der Waals surface area contributed by atoms with Crippen LogP contribution in [0.2, 0.25) is 0 Å². The summed E-state index contributed by atoms with van der Waals surface area (Å²) in [7, 11) is 0. The molecule has 1 heterocycles. The van der Waals surface area contributed by atoms with Crippen molar-refractivity contribution in [2.24, 2.45) is 5.73 Å².